The highest BCUT2D eigenvalue weighted by Gasteiger charge is 2.21. The van der Waals surface area contributed by atoms with E-state index in [0.717, 1.165) is 0 Å². The summed E-state index contributed by atoms with van der Waals surface area (Å²) in [4.78, 5) is 11.8. The molecule has 0 unspecified atom stereocenters. The van der Waals surface area contributed by atoms with E-state index in [1.165, 1.54) is 36.1 Å². The van der Waals surface area contributed by atoms with Crippen molar-refractivity contribution in [2.45, 2.75) is 6.92 Å². The van der Waals surface area contributed by atoms with Gasteiger partial charge in [0.2, 0.25) is 5.88 Å². The molecule has 0 spiro atoms. The molecule has 0 fully saturated rings. The number of carbonyl (C=O) groups is 1. The Balaban J connectivity index is 2.46. The van der Waals surface area contributed by atoms with Gasteiger partial charge < -0.3 is 9.84 Å². The zero-order valence-electron chi connectivity index (χ0n) is 10.6. The highest BCUT2D eigenvalue weighted by atomic mass is 19.1. The Hall–Kier alpha value is -2.21. The van der Waals surface area contributed by atoms with Crippen LogP contribution in [-0.2, 0) is 4.74 Å². The van der Waals surface area contributed by atoms with Crippen LogP contribution >= 0.6 is 0 Å². The molecular weight excluding hydrogens is 251 g/mol. The number of benzene rings is 1. The zero-order valence-corrected chi connectivity index (χ0v) is 10.6. The average molecular weight is 264 g/mol. The largest absolute Gasteiger partial charge is 0.493 e. The lowest BCUT2D eigenvalue weighted by Gasteiger charge is -2.03. The monoisotopic (exact) mass is 264 g/mol. The fourth-order valence-electron chi connectivity index (χ4n) is 1.81. The summed E-state index contributed by atoms with van der Waals surface area (Å²) in [5.74, 6) is -1.01. The predicted molar refractivity (Wildman–Crippen MR) is 66.1 cm³/mol. The van der Waals surface area contributed by atoms with Crippen LogP contribution in [0.25, 0.3) is 5.69 Å². The van der Waals surface area contributed by atoms with Gasteiger partial charge in [-0.2, -0.15) is 5.10 Å². The first kappa shape index (κ1) is 13.2. The van der Waals surface area contributed by atoms with Crippen LogP contribution in [0.1, 0.15) is 16.1 Å². The van der Waals surface area contributed by atoms with Gasteiger partial charge in [-0.25, -0.2) is 9.07 Å². The summed E-state index contributed by atoms with van der Waals surface area (Å²) in [7, 11) is 1.40. The van der Waals surface area contributed by atoms with E-state index in [2.05, 4.69) is 5.10 Å². The van der Waals surface area contributed by atoms with Gasteiger partial charge in [-0.05, 0) is 31.2 Å². The van der Waals surface area contributed by atoms with Gasteiger partial charge in [0.1, 0.15) is 18.0 Å². The molecular formula is C13H13FN2O3. The van der Waals surface area contributed by atoms with E-state index in [4.69, 9.17) is 4.74 Å². The molecule has 1 aromatic heterocycles. The molecule has 2 rings (SSSR count). The summed E-state index contributed by atoms with van der Waals surface area (Å²) < 4.78 is 18.8. The number of Topliss-reactive ketones (excluding diaryl/α,β-unsaturated/α-hetero) is 1. The Morgan fingerprint density at radius 3 is 2.63 bits per heavy atom. The van der Waals surface area contributed by atoms with Gasteiger partial charge in [0.15, 0.2) is 5.78 Å². The molecule has 1 heterocycles. The third kappa shape index (κ3) is 2.48. The minimum Gasteiger partial charge on any atom is -0.493 e. The minimum atomic E-state index is -0.386. The molecule has 5 nitrogen and oxygen atoms in total. The van der Waals surface area contributed by atoms with Gasteiger partial charge in [0, 0.05) is 7.11 Å². The standard InChI is InChI=1S/C13H13FN2O3/c1-8-12(11(17)7-19-2)13(18)16(15-8)10-5-3-9(14)4-6-10/h3-6,18H,7H2,1-2H3. The number of ketones is 1. The van der Waals surface area contributed by atoms with E-state index in [1.807, 2.05) is 0 Å². The maximum atomic E-state index is 12.9. The number of ether oxygens (including phenoxy) is 1. The van der Waals surface area contributed by atoms with Crippen LogP contribution in [0.3, 0.4) is 0 Å². The van der Waals surface area contributed by atoms with E-state index >= 15 is 0 Å². The summed E-state index contributed by atoms with van der Waals surface area (Å²) in [6.07, 6.45) is 0. The first-order chi connectivity index (χ1) is 9.04. The molecule has 1 aromatic carbocycles. The Labute approximate surface area is 109 Å². The molecule has 100 valence electrons. The van der Waals surface area contributed by atoms with Crippen molar-refractivity contribution in [1.82, 2.24) is 9.78 Å². The SMILES string of the molecule is COCC(=O)c1c(C)nn(-c2ccc(F)cc2)c1O. The Bertz CT molecular complexity index is 605. The van der Waals surface area contributed by atoms with Crippen molar-refractivity contribution < 1.29 is 19.0 Å². The van der Waals surface area contributed by atoms with Crippen molar-refractivity contribution in [2.24, 2.45) is 0 Å². The topological polar surface area (TPSA) is 64.3 Å². The number of aromatic hydroxyl groups is 1. The molecule has 0 aliphatic heterocycles. The molecule has 0 bridgehead atoms. The van der Waals surface area contributed by atoms with E-state index < -0.39 is 0 Å². The molecule has 0 aliphatic carbocycles. The average Bonchev–Trinajstić information content (AvgIpc) is 2.66. The number of carbonyl (C=O) groups excluding carboxylic acids is 1. The molecule has 0 radical (unpaired) electrons. The maximum Gasteiger partial charge on any atom is 0.225 e. The van der Waals surface area contributed by atoms with Crippen molar-refractivity contribution in [1.29, 1.82) is 0 Å². The van der Waals surface area contributed by atoms with Crippen molar-refractivity contribution in [3.63, 3.8) is 0 Å². The van der Waals surface area contributed by atoms with E-state index in [-0.39, 0.29) is 29.7 Å². The lowest BCUT2D eigenvalue weighted by Crippen LogP contribution is -2.07. The van der Waals surface area contributed by atoms with Crippen molar-refractivity contribution in [2.75, 3.05) is 13.7 Å². The quantitative estimate of drug-likeness (QED) is 0.856. The van der Waals surface area contributed by atoms with Crippen LogP contribution in [0.2, 0.25) is 0 Å². The molecule has 1 N–H and O–H groups in total. The zero-order chi connectivity index (χ0) is 14.0. The number of methoxy groups -OCH3 is 1. The molecule has 0 saturated carbocycles. The number of hydrogen-bond acceptors (Lipinski definition) is 4. The second kappa shape index (κ2) is 5.19. The van der Waals surface area contributed by atoms with Crippen LogP contribution in [0, 0.1) is 12.7 Å². The summed E-state index contributed by atoms with van der Waals surface area (Å²) in [5, 5.41) is 14.1. The van der Waals surface area contributed by atoms with E-state index in [1.54, 1.807) is 6.92 Å². The van der Waals surface area contributed by atoms with Gasteiger partial charge >= 0.3 is 0 Å². The molecule has 19 heavy (non-hydrogen) atoms. The Morgan fingerprint density at radius 2 is 2.05 bits per heavy atom. The van der Waals surface area contributed by atoms with Gasteiger partial charge in [0.25, 0.3) is 0 Å². The molecule has 0 aliphatic rings. The number of hydrogen-bond donors (Lipinski definition) is 1. The maximum absolute atomic E-state index is 12.9. The van der Waals surface area contributed by atoms with Crippen molar-refractivity contribution >= 4 is 5.78 Å². The lowest BCUT2D eigenvalue weighted by molar-refractivity contribution is 0.0844. The number of aryl methyl sites for hydroxylation is 1. The minimum absolute atomic E-state index is 0.117. The fraction of sp³-hybridized carbons (Fsp3) is 0.231. The fourth-order valence-corrected chi connectivity index (χ4v) is 1.81. The number of rotatable bonds is 4. The van der Waals surface area contributed by atoms with Crippen LogP contribution in [-0.4, -0.2) is 34.4 Å². The second-order valence-corrected chi connectivity index (χ2v) is 4.03. The van der Waals surface area contributed by atoms with E-state index in [9.17, 15) is 14.3 Å². The van der Waals surface area contributed by atoms with Gasteiger partial charge in [-0.15, -0.1) is 0 Å². The molecule has 6 heteroatoms. The van der Waals surface area contributed by atoms with Crippen LogP contribution in [0.5, 0.6) is 5.88 Å². The molecule has 0 atom stereocenters. The first-order valence-corrected chi connectivity index (χ1v) is 5.61. The normalized spacial score (nSPS) is 10.7. The number of nitrogens with zero attached hydrogens (tertiary/aromatic N) is 2. The van der Waals surface area contributed by atoms with Gasteiger partial charge in [0.05, 0.1) is 11.4 Å². The smallest absolute Gasteiger partial charge is 0.225 e. The number of halogens is 1. The molecule has 0 saturated heterocycles. The van der Waals surface area contributed by atoms with Crippen LogP contribution in [0.4, 0.5) is 4.39 Å². The predicted octanol–water partition coefficient (Wildman–Crippen LogP) is 1.85. The Kier molecular flexibility index (Phi) is 3.62. The summed E-state index contributed by atoms with van der Waals surface area (Å²) in [6, 6.07) is 5.43. The summed E-state index contributed by atoms with van der Waals surface area (Å²) in [6.45, 7) is 1.48. The number of aromatic nitrogens is 2. The molecule has 2 aromatic rings. The highest BCUT2D eigenvalue weighted by Crippen LogP contribution is 2.25. The van der Waals surface area contributed by atoms with Crippen molar-refractivity contribution in [3.8, 4) is 11.6 Å². The molecule has 0 amide bonds. The third-order valence-electron chi connectivity index (χ3n) is 2.66. The van der Waals surface area contributed by atoms with Crippen molar-refractivity contribution in [3.05, 3.63) is 41.3 Å². The lowest BCUT2D eigenvalue weighted by atomic mass is 10.2. The third-order valence-corrected chi connectivity index (χ3v) is 2.66. The van der Waals surface area contributed by atoms with Gasteiger partial charge in [-0.1, -0.05) is 0 Å². The first-order valence-electron chi connectivity index (χ1n) is 5.61. The van der Waals surface area contributed by atoms with Crippen LogP contribution in [0.15, 0.2) is 24.3 Å². The summed E-state index contributed by atoms with van der Waals surface area (Å²) >= 11 is 0. The van der Waals surface area contributed by atoms with Crippen LogP contribution < -0.4 is 0 Å². The van der Waals surface area contributed by atoms with Gasteiger partial charge in [-0.3, -0.25) is 4.79 Å². The second-order valence-electron chi connectivity index (χ2n) is 4.03. The Morgan fingerprint density at radius 1 is 1.42 bits per heavy atom. The summed E-state index contributed by atoms with van der Waals surface area (Å²) in [5.41, 5.74) is 0.980. The van der Waals surface area contributed by atoms with E-state index in [0.29, 0.717) is 11.4 Å². The highest BCUT2D eigenvalue weighted by molar-refractivity contribution is 6.00.